The van der Waals surface area contributed by atoms with Crippen molar-refractivity contribution < 1.29 is 4.79 Å². The minimum absolute atomic E-state index is 0.0340. The average Bonchev–Trinajstić information content (AvgIpc) is 2.23. The predicted octanol–water partition coefficient (Wildman–Crippen LogP) is 2.65. The van der Waals surface area contributed by atoms with Crippen LogP contribution in [0.5, 0.6) is 0 Å². The molecule has 1 aromatic carbocycles. The van der Waals surface area contributed by atoms with E-state index in [4.69, 9.17) is 0 Å². The number of nitrogens with zero attached hydrogens (tertiary/aromatic N) is 1. The van der Waals surface area contributed by atoms with Gasteiger partial charge in [0.05, 0.1) is 0 Å². The number of rotatable bonds is 5. The first kappa shape index (κ1) is 10.6. The molecule has 0 saturated carbocycles. The second-order valence-corrected chi connectivity index (χ2v) is 3.18. The van der Waals surface area contributed by atoms with E-state index in [1.807, 2.05) is 31.2 Å². The van der Waals surface area contributed by atoms with Gasteiger partial charge in [-0.15, -0.1) is 0 Å². The van der Waals surface area contributed by atoms with E-state index in [2.05, 4.69) is 5.18 Å². The fraction of sp³-hybridized carbons (Fsp3) is 0.364. The first-order valence-corrected chi connectivity index (χ1v) is 4.65. The highest BCUT2D eigenvalue weighted by molar-refractivity contribution is 5.61. The monoisotopic (exact) mass is 191 g/mol. The normalized spacial score (nSPS) is 12.1. The molecular weight excluding hydrogens is 178 g/mol. The van der Waals surface area contributed by atoms with Crippen LogP contribution in [0.1, 0.15) is 30.4 Å². The minimum Gasteiger partial charge on any atom is -0.303 e. The van der Waals surface area contributed by atoms with Crippen LogP contribution in [0.15, 0.2) is 29.4 Å². The molecule has 0 spiro atoms. The third-order valence-corrected chi connectivity index (χ3v) is 2.26. The van der Waals surface area contributed by atoms with Crippen LogP contribution in [0.25, 0.3) is 0 Å². The zero-order chi connectivity index (χ0) is 10.4. The van der Waals surface area contributed by atoms with Crippen molar-refractivity contribution in [1.29, 1.82) is 0 Å². The van der Waals surface area contributed by atoms with Crippen LogP contribution in [-0.4, -0.2) is 6.29 Å². The Balaban J connectivity index is 2.81. The van der Waals surface area contributed by atoms with Gasteiger partial charge >= 0.3 is 0 Å². The fourth-order valence-corrected chi connectivity index (χ4v) is 1.36. The molecule has 0 N–H and O–H groups in total. The quantitative estimate of drug-likeness (QED) is 0.530. The SMILES string of the molecule is CCC(C=O)c1ccc(CN=O)cc1. The standard InChI is InChI=1S/C11H13NO2/c1-2-10(8-13)11-5-3-9(4-6-11)7-12-14/h3-6,8,10H,2,7H2,1H3. The number of benzene rings is 1. The summed E-state index contributed by atoms with van der Waals surface area (Å²) in [4.78, 5) is 20.7. The molecule has 0 aliphatic rings. The van der Waals surface area contributed by atoms with Crippen LogP contribution < -0.4 is 0 Å². The molecule has 1 unspecified atom stereocenters. The van der Waals surface area contributed by atoms with Gasteiger partial charge in [-0.1, -0.05) is 36.4 Å². The van der Waals surface area contributed by atoms with Gasteiger partial charge in [-0.25, -0.2) is 0 Å². The summed E-state index contributed by atoms with van der Waals surface area (Å²) >= 11 is 0. The summed E-state index contributed by atoms with van der Waals surface area (Å²) in [6, 6.07) is 7.43. The second kappa shape index (κ2) is 5.27. The summed E-state index contributed by atoms with van der Waals surface area (Å²) in [5.74, 6) is -0.0340. The zero-order valence-electron chi connectivity index (χ0n) is 8.14. The predicted molar refractivity (Wildman–Crippen MR) is 55.0 cm³/mol. The van der Waals surface area contributed by atoms with Gasteiger partial charge in [0.15, 0.2) is 0 Å². The van der Waals surface area contributed by atoms with Crippen molar-refractivity contribution >= 4 is 6.29 Å². The molecule has 0 aromatic heterocycles. The van der Waals surface area contributed by atoms with Gasteiger partial charge in [0.25, 0.3) is 0 Å². The van der Waals surface area contributed by atoms with Crippen LogP contribution in [-0.2, 0) is 11.3 Å². The Morgan fingerprint density at radius 1 is 1.36 bits per heavy atom. The van der Waals surface area contributed by atoms with E-state index in [9.17, 15) is 9.70 Å². The Kier molecular flexibility index (Phi) is 3.98. The molecule has 74 valence electrons. The van der Waals surface area contributed by atoms with E-state index in [1.54, 1.807) is 0 Å². The Morgan fingerprint density at radius 3 is 2.43 bits per heavy atom. The molecule has 0 aliphatic heterocycles. The molecular formula is C11H13NO2. The maximum absolute atomic E-state index is 10.7. The molecule has 1 rings (SSSR count). The smallest absolute Gasteiger partial charge is 0.127 e. The third kappa shape index (κ3) is 2.49. The van der Waals surface area contributed by atoms with Gasteiger partial charge in [-0.2, -0.15) is 4.91 Å². The second-order valence-electron chi connectivity index (χ2n) is 3.18. The molecule has 0 heterocycles. The molecule has 14 heavy (non-hydrogen) atoms. The molecule has 0 bridgehead atoms. The number of hydrogen-bond acceptors (Lipinski definition) is 3. The van der Waals surface area contributed by atoms with E-state index < -0.39 is 0 Å². The lowest BCUT2D eigenvalue weighted by molar-refractivity contribution is -0.109. The number of aldehydes is 1. The highest BCUT2D eigenvalue weighted by atomic mass is 16.3. The molecule has 0 radical (unpaired) electrons. The van der Waals surface area contributed by atoms with Crippen LogP contribution in [0, 0.1) is 4.91 Å². The lowest BCUT2D eigenvalue weighted by atomic mass is 9.97. The van der Waals surface area contributed by atoms with Crippen molar-refractivity contribution in [2.45, 2.75) is 25.8 Å². The van der Waals surface area contributed by atoms with Crippen LogP contribution in [0.4, 0.5) is 0 Å². The van der Waals surface area contributed by atoms with Gasteiger partial charge in [-0.3, -0.25) is 0 Å². The zero-order valence-corrected chi connectivity index (χ0v) is 8.14. The van der Waals surface area contributed by atoms with Crippen LogP contribution in [0.3, 0.4) is 0 Å². The molecule has 0 fully saturated rings. The number of hydrogen-bond donors (Lipinski definition) is 0. The lowest BCUT2D eigenvalue weighted by Crippen LogP contribution is -1.98. The van der Waals surface area contributed by atoms with Gasteiger partial charge in [-0.05, 0) is 17.5 Å². The van der Waals surface area contributed by atoms with Crippen molar-refractivity contribution in [3.05, 3.63) is 40.3 Å². The van der Waals surface area contributed by atoms with Crippen molar-refractivity contribution in [2.75, 3.05) is 0 Å². The Labute approximate surface area is 83.1 Å². The first-order chi connectivity index (χ1) is 6.81. The highest BCUT2D eigenvalue weighted by Gasteiger charge is 2.06. The molecule has 3 heteroatoms. The van der Waals surface area contributed by atoms with Gasteiger partial charge in [0, 0.05) is 5.92 Å². The van der Waals surface area contributed by atoms with Gasteiger partial charge < -0.3 is 4.79 Å². The Bertz CT molecular complexity index is 306. The summed E-state index contributed by atoms with van der Waals surface area (Å²) in [5.41, 5.74) is 1.88. The summed E-state index contributed by atoms with van der Waals surface area (Å²) in [6.07, 6.45) is 1.75. The molecule has 3 nitrogen and oxygen atoms in total. The number of carbonyl (C=O) groups excluding carboxylic acids is 1. The lowest BCUT2D eigenvalue weighted by Gasteiger charge is -2.07. The summed E-state index contributed by atoms with van der Waals surface area (Å²) in [7, 11) is 0. The van der Waals surface area contributed by atoms with E-state index in [0.29, 0.717) is 0 Å². The van der Waals surface area contributed by atoms with E-state index in [0.717, 1.165) is 23.8 Å². The summed E-state index contributed by atoms with van der Waals surface area (Å²) in [5, 5.41) is 2.80. The van der Waals surface area contributed by atoms with E-state index in [1.165, 1.54) is 0 Å². The first-order valence-electron chi connectivity index (χ1n) is 4.65. The largest absolute Gasteiger partial charge is 0.303 e. The molecule has 0 aliphatic carbocycles. The summed E-state index contributed by atoms with van der Waals surface area (Å²) in [6.45, 7) is 2.16. The van der Waals surface area contributed by atoms with Crippen molar-refractivity contribution in [2.24, 2.45) is 5.18 Å². The fourth-order valence-electron chi connectivity index (χ4n) is 1.36. The number of carbonyl (C=O) groups is 1. The maximum atomic E-state index is 10.7. The topological polar surface area (TPSA) is 46.5 Å². The minimum atomic E-state index is -0.0340. The average molecular weight is 191 g/mol. The molecule has 0 amide bonds. The Hall–Kier alpha value is -1.51. The van der Waals surface area contributed by atoms with Crippen LogP contribution >= 0.6 is 0 Å². The van der Waals surface area contributed by atoms with Gasteiger partial charge in [0.2, 0.25) is 0 Å². The van der Waals surface area contributed by atoms with Crippen molar-refractivity contribution in [1.82, 2.24) is 0 Å². The molecule has 0 saturated heterocycles. The van der Waals surface area contributed by atoms with Crippen molar-refractivity contribution in [3.8, 4) is 0 Å². The maximum Gasteiger partial charge on any atom is 0.127 e. The molecule has 1 atom stereocenters. The summed E-state index contributed by atoms with van der Waals surface area (Å²) < 4.78 is 0. The third-order valence-electron chi connectivity index (χ3n) is 2.26. The Morgan fingerprint density at radius 2 is 2.00 bits per heavy atom. The van der Waals surface area contributed by atoms with Gasteiger partial charge in [0.1, 0.15) is 12.8 Å². The molecule has 1 aromatic rings. The number of nitroso groups, excluding NO2 is 1. The van der Waals surface area contributed by atoms with Crippen molar-refractivity contribution in [3.63, 3.8) is 0 Å². The van der Waals surface area contributed by atoms with E-state index in [-0.39, 0.29) is 12.5 Å². The van der Waals surface area contributed by atoms with E-state index >= 15 is 0 Å². The van der Waals surface area contributed by atoms with Crippen LogP contribution in [0.2, 0.25) is 0 Å². The highest BCUT2D eigenvalue weighted by Crippen LogP contribution is 2.17.